The molecule has 5 heteroatoms. The summed E-state index contributed by atoms with van der Waals surface area (Å²) in [5.74, 6) is 0.842. The van der Waals surface area contributed by atoms with Crippen LogP contribution >= 0.6 is 12.2 Å². The molecule has 4 nitrogen and oxygen atoms in total. The van der Waals surface area contributed by atoms with Gasteiger partial charge in [0.2, 0.25) is 0 Å². The molecule has 1 aliphatic rings. The van der Waals surface area contributed by atoms with Gasteiger partial charge in [0.25, 0.3) is 0 Å². The molecule has 0 aliphatic carbocycles. The molecule has 1 atom stereocenters. The van der Waals surface area contributed by atoms with E-state index in [-0.39, 0.29) is 6.10 Å². The van der Waals surface area contributed by atoms with E-state index in [0.29, 0.717) is 11.7 Å². The monoisotopic (exact) mass is 280 g/mol. The number of ether oxygens (including phenoxy) is 2. The molecule has 2 N–H and O–H groups in total. The van der Waals surface area contributed by atoms with Crippen LogP contribution in [0.1, 0.15) is 19.8 Å². The van der Waals surface area contributed by atoms with Crippen LogP contribution < -0.4 is 15.4 Å². The second-order valence-corrected chi connectivity index (χ2v) is 4.84. The maximum absolute atomic E-state index is 5.53. The van der Waals surface area contributed by atoms with Gasteiger partial charge in [0.1, 0.15) is 5.75 Å². The number of hydrogen-bond acceptors (Lipinski definition) is 3. The summed E-state index contributed by atoms with van der Waals surface area (Å²) in [4.78, 5) is 0. The van der Waals surface area contributed by atoms with Crippen LogP contribution in [0.15, 0.2) is 24.3 Å². The van der Waals surface area contributed by atoms with Crippen LogP contribution in [0.3, 0.4) is 0 Å². The molecule has 1 aromatic carbocycles. The molecule has 1 unspecified atom stereocenters. The Hall–Kier alpha value is -1.33. The van der Waals surface area contributed by atoms with E-state index in [1.54, 1.807) is 0 Å². The molecule has 1 aromatic rings. The van der Waals surface area contributed by atoms with E-state index >= 15 is 0 Å². The molecular weight excluding hydrogens is 260 g/mol. The zero-order valence-corrected chi connectivity index (χ0v) is 12.0. The third-order valence-electron chi connectivity index (χ3n) is 2.92. The lowest BCUT2D eigenvalue weighted by atomic mass is 10.2. The maximum atomic E-state index is 5.53. The van der Waals surface area contributed by atoms with E-state index < -0.39 is 0 Å². The number of anilines is 1. The zero-order valence-electron chi connectivity index (χ0n) is 11.1. The van der Waals surface area contributed by atoms with Crippen molar-refractivity contribution < 1.29 is 9.47 Å². The van der Waals surface area contributed by atoms with Crippen molar-refractivity contribution >= 4 is 23.0 Å². The third kappa shape index (κ3) is 4.69. The summed E-state index contributed by atoms with van der Waals surface area (Å²) in [7, 11) is 0. The van der Waals surface area contributed by atoms with Gasteiger partial charge in [0.15, 0.2) is 5.11 Å². The van der Waals surface area contributed by atoms with Gasteiger partial charge in [-0.1, -0.05) is 6.07 Å². The highest BCUT2D eigenvalue weighted by atomic mass is 32.1. The molecule has 2 rings (SSSR count). The third-order valence-corrected chi connectivity index (χ3v) is 3.16. The summed E-state index contributed by atoms with van der Waals surface area (Å²) < 4.78 is 11.0. The Balaban J connectivity index is 1.79. The molecule has 0 spiro atoms. The molecule has 104 valence electrons. The minimum Gasteiger partial charge on any atom is -0.494 e. The van der Waals surface area contributed by atoms with Gasteiger partial charge in [0.05, 0.1) is 12.7 Å². The summed E-state index contributed by atoms with van der Waals surface area (Å²) in [5.41, 5.74) is 0.927. The molecule has 1 heterocycles. The first kappa shape index (κ1) is 14.1. The second-order valence-electron chi connectivity index (χ2n) is 4.43. The quantitative estimate of drug-likeness (QED) is 0.811. The number of hydrogen-bond donors (Lipinski definition) is 2. The first-order valence-corrected chi connectivity index (χ1v) is 7.08. The molecule has 0 radical (unpaired) electrons. The van der Waals surface area contributed by atoms with Gasteiger partial charge in [-0.15, -0.1) is 0 Å². The summed E-state index contributed by atoms with van der Waals surface area (Å²) in [6.07, 6.45) is 2.53. The van der Waals surface area contributed by atoms with Crippen molar-refractivity contribution in [3.63, 3.8) is 0 Å². The molecule has 19 heavy (non-hydrogen) atoms. The Morgan fingerprint density at radius 1 is 1.53 bits per heavy atom. The van der Waals surface area contributed by atoms with Crippen molar-refractivity contribution in [2.24, 2.45) is 0 Å². The zero-order chi connectivity index (χ0) is 13.5. The molecule has 1 saturated heterocycles. The Morgan fingerprint density at radius 2 is 2.42 bits per heavy atom. The van der Waals surface area contributed by atoms with Gasteiger partial charge < -0.3 is 20.1 Å². The van der Waals surface area contributed by atoms with Gasteiger partial charge >= 0.3 is 0 Å². The van der Waals surface area contributed by atoms with Crippen molar-refractivity contribution in [1.82, 2.24) is 5.32 Å². The summed E-state index contributed by atoms with van der Waals surface area (Å²) in [6, 6.07) is 7.76. The van der Waals surface area contributed by atoms with E-state index in [9.17, 15) is 0 Å². The first-order valence-electron chi connectivity index (χ1n) is 6.67. The highest BCUT2D eigenvalue weighted by Gasteiger charge is 2.15. The lowest BCUT2D eigenvalue weighted by Crippen LogP contribution is -2.34. The number of thiocarbonyl (C=S) groups is 1. The fourth-order valence-corrected chi connectivity index (χ4v) is 2.22. The molecular formula is C14H20N2O2S. The van der Waals surface area contributed by atoms with Crippen LogP contribution in [0, 0.1) is 0 Å². The van der Waals surface area contributed by atoms with E-state index in [4.69, 9.17) is 21.7 Å². The van der Waals surface area contributed by atoms with Crippen molar-refractivity contribution in [2.75, 3.05) is 25.1 Å². The van der Waals surface area contributed by atoms with Crippen molar-refractivity contribution in [3.8, 4) is 5.75 Å². The molecule has 0 amide bonds. The molecule has 1 aliphatic heterocycles. The van der Waals surface area contributed by atoms with Crippen LogP contribution in [0.25, 0.3) is 0 Å². The van der Waals surface area contributed by atoms with Gasteiger partial charge in [0, 0.05) is 24.9 Å². The lowest BCUT2D eigenvalue weighted by molar-refractivity contribution is 0.114. The van der Waals surface area contributed by atoms with Crippen LogP contribution in [-0.4, -0.2) is 31.0 Å². The summed E-state index contributed by atoms with van der Waals surface area (Å²) >= 11 is 5.26. The Morgan fingerprint density at radius 3 is 3.16 bits per heavy atom. The van der Waals surface area contributed by atoms with E-state index in [0.717, 1.165) is 37.4 Å². The molecule has 0 bridgehead atoms. The smallest absolute Gasteiger partial charge is 0.170 e. The standard InChI is InChI=1S/C14H20N2O2S/c1-2-17-12-6-3-5-11(9-12)16-14(19)15-10-13-7-4-8-18-13/h3,5-6,9,13H,2,4,7-8,10H2,1H3,(H2,15,16,19). The van der Waals surface area contributed by atoms with Crippen LogP contribution in [0.4, 0.5) is 5.69 Å². The number of nitrogens with one attached hydrogen (secondary N) is 2. The van der Waals surface area contributed by atoms with E-state index in [1.807, 2.05) is 31.2 Å². The second kappa shape index (κ2) is 7.31. The van der Waals surface area contributed by atoms with Crippen molar-refractivity contribution in [3.05, 3.63) is 24.3 Å². The first-order chi connectivity index (χ1) is 9.28. The fraction of sp³-hybridized carbons (Fsp3) is 0.500. The highest BCUT2D eigenvalue weighted by molar-refractivity contribution is 7.80. The Bertz CT molecular complexity index is 420. The predicted molar refractivity (Wildman–Crippen MR) is 80.8 cm³/mol. The van der Waals surface area contributed by atoms with Gasteiger partial charge in [-0.25, -0.2) is 0 Å². The van der Waals surface area contributed by atoms with Crippen molar-refractivity contribution in [2.45, 2.75) is 25.9 Å². The summed E-state index contributed by atoms with van der Waals surface area (Å²) in [5, 5.41) is 6.94. The molecule has 0 aromatic heterocycles. The van der Waals surface area contributed by atoms with Gasteiger partial charge in [-0.05, 0) is 44.1 Å². The SMILES string of the molecule is CCOc1cccc(NC(=S)NCC2CCCO2)c1. The topological polar surface area (TPSA) is 42.5 Å². The van der Waals surface area contributed by atoms with E-state index in [1.165, 1.54) is 0 Å². The Kier molecular flexibility index (Phi) is 5.42. The van der Waals surface area contributed by atoms with Crippen LogP contribution in [0.2, 0.25) is 0 Å². The highest BCUT2D eigenvalue weighted by Crippen LogP contribution is 2.17. The predicted octanol–water partition coefficient (Wildman–Crippen LogP) is 2.55. The normalized spacial score (nSPS) is 18.1. The Labute approximate surface area is 119 Å². The van der Waals surface area contributed by atoms with Gasteiger partial charge in [-0.3, -0.25) is 0 Å². The van der Waals surface area contributed by atoms with Gasteiger partial charge in [-0.2, -0.15) is 0 Å². The number of benzene rings is 1. The average Bonchev–Trinajstić information content (AvgIpc) is 2.90. The molecule has 0 saturated carbocycles. The average molecular weight is 280 g/mol. The van der Waals surface area contributed by atoms with Crippen molar-refractivity contribution in [1.29, 1.82) is 0 Å². The lowest BCUT2D eigenvalue weighted by Gasteiger charge is -2.14. The van der Waals surface area contributed by atoms with Crippen LogP contribution in [-0.2, 0) is 4.74 Å². The minimum absolute atomic E-state index is 0.287. The summed E-state index contributed by atoms with van der Waals surface area (Å²) in [6.45, 7) is 4.25. The largest absolute Gasteiger partial charge is 0.494 e. The number of rotatable bonds is 5. The van der Waals surface area contributed by atoms with E-state index in [2.05, 4.69) is 10.6 Å². The maximum Gasteiger partial charge on any atom is 0.170 e. The van der Waals surface area contributed by atoms with Crippen LogP contribution in [0.5, 0.6) is 5.75 Å². The fourth-order valence-electron chi connectivity index (χ4n) is 2.02. The minimum atomic E-state index is 0.287. The molecule has 1 fully saturated rings.